The summed E-state index contributed by atoms with van der Waals surface area (Å²) in [6.45, 7) is 1.57. The van der Waals surface area contributed by atoms with Crippen LogP contribution in [0, 0.1) is 0 Å². The third kappa shape index (κ3) is 3.47. The van der Waals surface area contributed by atoms with E-state index in [0.717, 1.165) is 16.4 Å². The average Bonchev–Trinajstić information content (AvgIpc) is 2.25. The van der Waals surface area contributed by atoms with Crippen molar-refractivity contribution < 1.29 is 14.3 Å². The molecule has 0 aliphatic heterocycles. The lowest BCUT2D eigenvalue weighted by atomic mass is 10.3. The average molecular weight is 226 g/mol. The van der Waals surface area contributed by atoms with Crippen LogP contribution in [-0.4, -0.2) is 25.8 Å². The minimum atomic E-state index is 0.151. The molecule has 0 atom stereocenters. The van der Waals surface area contributed by atoms with Gasteiger partial charge in [0.05, 0.1) is 24.9 Å². The number of hydrogen-bond donors (Lipinski definition) is 0. The molecular weight excluding hydrogens is 212 g/mol. The fraction of sp³-hybridized carbons (Fsp3) is 0.364. The van der Waals surface area contributed by atoms with Gasteiger partial charge in [0, 0.05) is 6.07 Å². The first-order chi connectivity index (χ1) is 7.17. The van der Waals surface area contributed by atoms with Gasteiger partial charge in [-0.3, -0.25) is 4.79 Å². The zero-order chi connectivity index (χ0) is 11.3. The molecule has 1 rings (SSSR count). The molecule has 0 bridgehead atoms. The van der Waals surface area contributed by atoms with Gasteiger partial charge in [-0.25, -0.2) is 0 Å². The summed E-state index contributed by atoms with van der Waals surface area (Å²) < 4.78 is 10.3. The van der Waals surface area contributed by atoms with Crippen LogP contribution in [0.2, 0.25) is 0 Å². The van der Waals surface area contributed by atoms with Crippen LogP contribution in [0.3, 0.4) is 0 Å². The molecule has 82 valence electrons. The van der Waals surface area contributed by atoms with Gasteiger partial charge in [-0.05, 0) is 19.1 Å². The molecule has 0 aromatic heterocycles. The lowest BCUT2D eigenvalue weighted by Crippen LogP contribution is -1.95. The molecule has 0 N–H and O–H groups in total. The molecular formula is C11H14O3S. The molecule has 3 nitrogen and oxygen atoms in total. The number of rotatable bonds is 5. The van der Waals surface area contributed by atoms with E-state index in [1.54, 1.807) is 21.1 Å². The largest absolute Gasteiger partial charge is 0.497 e. The number of hydrogen-bond acceptors (Lipinski definition) is 4. The highest BCUT2D eigenvalue weighted by molar-refractivity contribution is 8.00. The van der Waals surface area contributed by atoms with Crippen molar-refractivity contribution in [2.24, 2.45) is 0 Å². The lowest BCUT2D eigenvalue weighted by molar-refractivity contribution is -0.114. The summed E-state index contributed by atoms with van der Waals surface area (Å²) in [6.07, 6.45) is 0. The summed E-state index contributed by atoms with van der Waals surface area (Å²) in [6, 6.07) is 5.55. The van der Waals surface area contributed by atoms with Crippen molar-refractivity contribution in [2.75, 3.05) is 20.0 Å². The molecule has 0 aliphatic rings. The predicted octanol–water partition coefficient (Wildman–Crippen LogP) is 2.38. The zero-order valence-electron chi connectivity index (χ0n) is 9.07. The van der Waals surface area contributed by atoms with Gasteiger partial charge in [-0.15, -0.1) is 11.8 Å². The Morgan fingerprint density at radius 2 is 2.07 bits per heavy atom. The second-order valence-electron chi connectivity index (χ2n) is 3.01. The molecule has 0 saturated heterocycles. The van der Waals surface area contributed by atoms with Gasteiger partial charge in [-0.1, -0.05) is 0 Å². The van der Waals surface area contributed by atoms with Crippen LogP contribution in [0.1, 0.15) is 6.92 Å². The van der Waals surface area contributed by atoms with E-state index in [-0.39, 0.29) is 5.78 Å². The lowest BCUT2D eigenvalue weighted by Gasteiger charge is -2.08. The first kappa shape index (κ1) is 11.9. The number of carbonyl (C=O) groups excluding carboxylic acids is 1. The van der Waals surface area contributed by atoms with Crippen LogP contribution in [0.5, 0.6) is 11.5 Å². The van der Waals surface area contributed by atoms with Gasteiger partial charge < -0.3 is 9.47 Å². The zero-order valence-corrected chi connectivity index (χ0v) is 9.89. The van der Waals surface area contributed by atoms with E-state index in [1.807, 2.05) is 18.2 Å². The van der Waals surface area contributed by atoms with Gasteiger partial charge in [0.1, 0.15) is 17.3 Å². The number of methoxy groups -OCH3 is 2. The molecule has 0 spiro atoms. The van der Waals surface area contributed by atoms with Crippen LogP contribution in [0.25, 0.3) is 0 Å². The van der Waals surface area contributed by atoms with Gasteiger partial charge in [0.25, 0.3) is 0 Å². The Hall–Kier alpha value is -1.16. The molecule has 4 heteroatoms. The normalized spacial score (nSPS) is 9.80. The number of thioether (sulfide) groups is 1. The monoisotopic (exact) mass is 226 g/mol. The molecule has 15 heavy (non-hydrogen) atoms. The number of ketones is 1. The van der Waals surface area contributed by atoms with Gasteiger partial charge in [0.15, 0.2) is 0 Å². The smallest absolute Gasteiger partial charge is 0.140 e. The third-order valence-corrected chi connectivity index (χ3v) is 3.00. The molecule has 1 aromatic carbocycles. The standard InChI is InChI=1S/C11H14O3S/c1-8(12)7-15-11-5-4-9(13-2)6-10(11)14-3/h4-6H,7H2,1-3H3. The van der Waals surface area contributed by atoms with Crippen LogP contribution < -0.4 is 9.47 Å². The second-order valence-corrected chi connectivity index (χ2v) is 4.02. The Bertz CT molecular complexity index is 350. The first-order valence-corrected chi connectivity index (χ1v) is 5.50. The summed E-state index contributed by atoms with van der Waals surface area (Å²) in [5.41, 5.74) is 0. The van der Waals surface area contributed by atoms with Gasteiger partial charge >= 0.3 is 0 Å². The van der Waals surface area contributed by atoms with Crippen molar-refractivity contribution in [1.29, 1.82) is 0 Å². The van der Waals surface area contributed by atoms with E-state index in [2.05, 4.69) is 0 Å². The van der Waals surface area contributed by atoms with Crippen molar-refractivity contribution in [3.8, 4) is 11.5 Å². The molecule has 0 radical (unpaired) electrons. The summed E-state index contributed by atoms with van der Waals surface area (Å²) in [5.74, 6) is 2.10. The van der Waals surface area contributed by atoms with Crippen molar-refractivity contribution in [1.82, 2.24) is 0 Å². The highest BCUT2D eigenvalue weighted by Crippen LogP contribution is 2.32. The molecule has 0 aliphatic carbocycles. The minimum Gasteiger partial charge on any atom is -0.497 e. The Kier molecular flexibility index (Phi) is 4.49. The molecule has 0 unspecified atom stereocenters. The summed E-state index contributed by atoms with van der Waals surface area (Å²) in [4.78, 5) is 11.8. The van der Waals surface area contributed by atoms with E-state index in [4.69, 9.17) is 9.47 Å². The summed E-state index contributed by atoms with van der Waals surface area (Å²) in [5, 5.41) is 0. The maximum absolute atomic E-state index is 10.9. The Balaban J connectivity index is 2.82. The van der Waals surface area contributed by atoms with Crippen molar-refractivity contribution in [3.05, 3.63) is 18.2 Å². The maximum Gasteiger partial charge on any atom is 0.140 e. The summed E-state index contributed by atoms with van der Waals surface area (Å²) in [7, 11) is 3.21. The van der Waals surface area contributed by atoms with Crippen LogP contribution >= 0.6 is 11.8 Å². The fourth-order valence-corrected chi connectivity index (χ4v) is 1.88. The van der Waals surface area contributed by atoms with E-state index in [1.165, 1.54) is 11.8 Å². The van der Waals surface area contributed by atoms with Crippen LogP contribution in [-0.2, 0) is 4.79 Å². The highest BCUT2D eigenvalue weighted by atomic mass is 32.2. The highest BCUT2D eigenvalue weighted by Gasteiger charge is 2.06. The Morgan fingerprint density at radius 1 is 1.33 bits per heavy atom. The second kappa shape index (κ2) is 5.66. The molecule has 0 heterocycles. The fourth-order valence-electron chi connectivity index (χ4n) is 1.07. The van der Waals surface area contributed by atoms with Gasteiger partial charge in [0.2, 0.25) is 0 Å². The van der Waals surface area contributed by atoms with E-state index < -0.39 is 0 Å². The maximum atomic E-state index is 10.9. The first-order valence-electron chi connectivity index (χ1n) is 4.51. The topological polar surface area (TPSA) is 35.5 Å². The molecule has 1 aromatic rings. The van der Waals surface area contributed by atoms with E-state index in [0.29, 0.717) is 5.75 Å². The quantitative estimate of drug-likeness (QED) is 0.722. The van der Waals surface area contributed by atoms with Crippen molar-refractivity contribution >= 4 is 17.5 Å². The van der Waals surface area contributed by atoms with Crippen LogP contribution in [0.4, 0.5) is 0 Å². The number of carbonyl (C=O) groups is 1. The van der Waals surface area contributed by atoms with Crippen molar-refractivity contribution in [3.63, 3.8) is 0 Å². The summed E-state index contributed by atoms with van der Waals surface area (Å²) >= 11 is 1.47. The number of Topliss-reactive ketones (excluding diaryl/α,β-unsaturated/α-hetero) is 1. The number of ether oxygens (including phenoxy) is 2. The van der Waals surface area contributed by atoms with Gasteiger partial charge in [-0.2, -0.15) is 0 Å². The SMILES string of the molecule is COc1ccc(SCC(C)=O)c(OC)c1. The molecule has 0 amide bonds. The predicted molar refractivity (Wildman–Crippen MR) is 61.0 cm³/mol. The minimum absolute atomic E-state index is 0.151. The van der Waals surface area contributed by atoms with E-state index >= 15 is 0 Å². The number of benzene rings is 1. The molecule has 0 saturated carbocycles. The van der Waals surface area contributed by atoms with Crippen molar-refractivity contribution in [2.45, 2.75) is 11.8 Å². The Labute approximate surface area is 93.8 Å². The Morgan fingerprint density at radius 3 is 2.60 bits per heavy atom. The molecule has 0 fully saturated rings. The van der Waals surface area contributed by atoms with E-state index in [9.17, 15) is 4.79 Å². The van der Waals surface area contributed by atoms with Crippen LogP contribution in [0.15, 0.2) is 23.1 Å². The third-order valence-electron chi connectivity index (χ3n) is 1.80.